The van der Waals surface area contributed by atoms with Crippen molar-refractivity contribution in [2.45, 2.75) is 36.2 Å². The van der Waals surface area contributed by atoms with E-state index in [-0.39, 0.29) is 0 Å². The second kappa shape index (κ2) is 6.31. The van der Waals surface area contributed by atoms with E-state index in [4.69, 9.17) is 0 Å². The summed E-state index contributed by atoms with van der Waals surface area (Å²) in [7, 11) is -3.44. The molecule has 0 aromatic heterocycles. The van der Waals surface area contributed by atoms with Crippen molar-refractivity contribution in [3.63, 3.8) is 0 Å². The van der Waals surface area contributed by atoms with E-state index < -0.39 is 10.0 Å². The molecule has 0 spiro atoms. The maximum absolute atomic E-state index is 13.1. The number of hydrogen-bond donors (Lipinski definition) is 1. The summed E-state index contributed by atoms with van der Waals surface area (Å²) in [5, 5.41) is 3.54. The molecule has 2 saturated heterocycles. The van der Waals surface area contributed by atoms with Gasteiger partial charge in [0.1, 0.15) is 0 Å². The van der Waals surface area contributed by atoms with Gasteiger partial charge >= 0.3 is 0 Å². The third-order valence-electron chi connectivity index (χ3n) is 5.06. The Bertz CT molecular complexity index is 820. The van der Waals surface area contributed by atoms with Gasteiger partial charge in [0.15, 0.2) is 0 Å². The lowest BCUT2D eigenvalue weighted by Crippen LogP contribution is -2.39. The van der Waals surface area contributed by atoms with E-state index in [1.165, 1.54) is 6.42 Å². The average molecular weight is 342 g/mol. The molecule has 2 heterocycles. The Morgan fingerprint density at radius 3 is 2.46 bits per heavy atom. The summed E-state index contributed by atoms with van der Waals surface area (Å²) in [4.78, 5) is 0.390. The van der Waals surface area contributed by atoms with Gasteiger partial charge in [-0.2, -0.15) is 4.31 Å². The van der Waals surface area contributed by atoms with E-state index >= 15 is 0 Å². The lowest BCUT2D eigenvalue weighted by Gasteiger charge is -2.24. The summed E-state index contributed by atoms with van der Waals surface area (Å²) in [5.74, 6) is 0. The fourth-order valence-corrected chi connectivity index (χ4v) is 5.29. The van der Waals surface area contributed by atoms with Crippen LogP contribution in [0.1, 0.15) is 19.3 Å². The molecule has 4 nitrogen and oxygen atoms in total. The van der Waals surface area contributed by atoms with Gasteiger partial charge in [-0.1, -0.05) is 42.5 Å². The van der Waals surface area contributed by atoms with Crippen molar-refractivity contribution < 1.29 is 8.42 Å². The number of fused-ring (bicyclic) bond motifs is 2. The zero-order valence-corrected chi connectivity index (χ0v) is 14.4. The highest BCUT2D eigenvalue weighted by molar-refractivity contribution is 7.89. The van der Waals surface area contributed by atoms with Crippen molar-refractivity contribution in [3.05, 3.63) is 54.6 Å². The average Bonchev–Trinajstić information content (AvgIpc) is 2.94. The van der Waals surface area contributed by atoms with Crippen LogP contribution >= 0.6 is 0 Å². The second-order valence-electron chi connectivity index (χ2n) is 6.68. The van der Waals surface area contributed by atoms with Gasteiger partial charge in [0.2, 0.25) is 10.0 Å². The lowest BCUT2D eigenvalue weighted by atomic mass is 10.1. The van der Waals surface area contributed by atoms with E-state index in [1.807, 2.05) is 42.5 Å². The standard InChI is InChI=1S/C19H22N2O2S/c22-24(23,21-12-11-17-9-10-18(14-21)20-17)19-8-4-7-16(13-19)15-5-2-1-3-6-15/h1-8,13,17-18,20H,9-12,14H2. The molecule has 126 valence electrons. The Morgan fingerprint density at radius 2 is 1.62 bits per heavy atom. The highest BCUT2D eigenvalue weighted by atomic mass is 32.2. The molecule has 5 heteroatoms. The number of nitrogens with zero attached hydrogens (tertiary/aromatic N) is 1. The van der Waals surface area contributed by atoms with Crippen LogP contribution in [0.25, 0.3) is 11.1 Å². The Hall–Kier alpha value is -1.69. The fourth-order valence-electron chi connectivity index (χ4n) is 3.75. The minimum atomic E-state index is -3.44. The second-order valence-corrected chi connectivity index (χ2v) is 8.62. The van der Waals surface area contributed by atoms with E-state index in [1.54, 1.807) is 16.4 Å². The predicted octanol–water partition coefficient (Wildman–Crippen LogP) is 2.87. The molecule has 2 fully saturated rings. The van der Waals surface area contributed by atoms with Crippen LogP contribution in [-0.4, -0.2) is 37.9 Å². The van der Waals surface area contributed by atoms with Crippen LogP contribution in [0, 0.1) is 0 Å². The SMILES string of the molecule is O=S(=O)(c1cccc(-c2ccccc2)c1)N1CCC2CCC(C1)N2. The van der Waals surface area contributed by atoms with E-state index in [9.17, 15) is 8.42 Å². The molecule has 1 N–H and O–H groups in total. The molecule has 2 aromatic rings. The summed E-state index contributed by atoms with van der Waals surface area (Å²) < 4.78 is 27.9. The predicted molar refractivity (Wildman–Crippen MR) is 95.2 cm³/mol. The van der Waals surface area contributed by atoms with E-state index in [2.05, 4.69) is 5.32 Å². The number of hydrogen-bond acceptors (Lipinski definition) is 3. The van der Waals surface area contributed by atoms with E-state index in [0.29, 0.717) is 30.1 Å². The molecule has 2 unspecified atom stereocenters. The van der Waals surface area contributed by atoms with Crippen molar-refractivity contribution in [2.24, 2.45) is 0 Å². The fraction of sp³-hybridized carbons (Fsp3) is 0.368. The maximum Gasteiger partial charge on any atom is 0.243 e. The summed E-state index contributed by atoms with van der Waals surface area (Å²) in [6.45, 7) is 1.18. The molecule has 24 heavy (non-hydrogen) atoms. The van der Waals surface area contributed by atoms with E-state index in [0.717, 1.165) is 24.0 Å². The van der Waals surface area contributed by atoms with Crippen molar-refractivity contribution in [2.75, 3.05) is 13.1 Å². The number of nitrogens with one attached hydrogen (secondary N) is 1. The van der Waals surface area contributed by atoms with Crippen LogP contribution in [0.15, 0.2) is 59.5 Å². The summed E-state index contributed by atoms with van der Waals surface area (Å²) in [6, 6.07) is 18.0. The van der Waals surface area contributed by atoms with Crippen molar-refractivity contribution >= 4 is 10.0 Å². The summed E-state index contributed by atoms with van der Waals surface area (Å²) in [5.41, 5.74) is 1.97. The number of rotatable bonds is 3. The van der Waals surface area contributed by atoms with Crippen LogP contribution < -0.4 is 5.32 Å². The van der Waals surface area contributed by atoms with Crippen LogP contribution in [0.3, 0.4) is 0 Å². The minimum Gasteiger partial charge on any atom is -0.310 e. The molecule has 4 rings (SSSR count). The number of sulfonamides is 1. The third-order valence-corrected chi connectivity index (χ3v) is 6.93. The first-order valence-electron chi connectivity index (χ1n) is 8.54. The molecule has 0 amide bonds. The zero-order valence-electron chi connectivity index (χ0n) is 13.6. The van der Waals surface area contributed by atoms with Crippen molar-refractivity contribution in [3.8, 4) is 11.1 Å². The van der Waals surface area contributed by atoms with Gasteiger partial charge in [-0.3, -0.25) is 0 Å². The van der Waals surface area contributed by atoms with Gasteiger partial charge in [-0.15, -0.1) is 0 Å². The van der Waals surface area contributed by atoms with Crippen molar-refractivity contribution in [1.82, 2.24) is 9.62 Å². The first kappa shape index (κ1) is 15.8. The maximum atomic E-state index is 13.1. The third kappa shape index (κ3) is 2.99. The van der Waals surface area contributed by atoms with Crippen LogP contribution in [-0.2, 0) is 10.0 Å². The molecule has 0 aliphatic carbocycles. The molecule has 0 radical (unpaired) electrons. The molecule has 2 aliphatic heterocycles. The van der Waals surface area contributed by atoms with Gasteiger partial charge in [0.05, 0.1) is 4.90 Å². The van der Waals surface area contributed by atoms with Crippen LogP contribution in [0.4, 0.5) is 0 Å². The molecule has 2 aliphatic rings. The minimum absolute atomic E-state index is 0.296. The Balaban J connectivity index is 1.65. The topological polar surface area (TPSA) is 49.4 Å². The first-order valence-corrected chi connectivity index (χ1v) is 9.98. The molecular formula is C19H22N2O2S. The number of benzene rings is 2. The molecule has 2 aromatic carbocycles. The molecule has 2 bridgehead atoms. The van der Waals surface area contributed by atoms with Gasteiger partial charge in [0, 0.05) is 25.2 Å². The Kier molecular flexibility index (Phi) is 4.16. The molecule has 2 atom stereocenters. The quantitative estimate of drug-likeness (QED) is 0.933. The molecule has 0 saturated carbocycles. The first-order chi connectivity index (χ1) is 11.6. The van der Waals surface area contributed by atoms with Crippen LogP contribution in [0.5, 0.6) is 0 Å². The smallest absolute Gasteiger partial charge is 0.243 e. The monoisotopic (exact) mass is 342 g/mol. The highest BCUT2D eigenvalue weighted by Gasteiger charge is 2.34. The van der Waals surface area contributed by atoms with Gasteiger partial charge in [0.25, 0.3) is 0 Å². The van der Waals surface area contributed by atoms with Gasteiger partial charge < -0.3 is 5.32 Å². The van der Waals surface area contributed by atoms with Crippen molar-refractivity contribution in [1.29, 1.82) is 0 Å². The Labute approximate surface area is 143 Å². The normalized spacial score (nSPS) is 24.7. The van der Waals surface area contributed by atoms with Crippen LogP contribution in [0.2, 0.25) is 0 Å². The lowest BCUT2D eigenvalue weighted by molar-refractivity contribution is 0.383. The summed E-state index contributed by atoms with van der Waals surface area (Å²) >= 11 is 0. The zero-order chi connectivity index (χ0) is 16.6. The largest absolute Gasteiger partial charge is 0.310 e. The van der Waals surface area contributed by atoms with Gasteiger partial charge in [-0.05, 0) is 42.5 Å². The Morgan fingerprint density at radius 1 is 0.875 bits per heavy atom. The van der Waals surface area contributed by atoms with Gasteiger partial charge in [-0.25, -0.2) is 8.42 Å². The summed E-state index contributed by atoms with van der Waals surface area (Å²) in [6.07, 6.45) is 3.14. The highest BCUT2D eigenvalue weighted by Crippen LogP contribution is 2.27. The molecular weight excluding hydrogens is 320 g/mol.